The number of hydrogen-bond donors (Lipinski definition) is 2. The molecule has 7 heteroatoms. The Bertz CT molecular complexity index is 1180. The van der Waals surface area contributed by atoms with Crippen molar-refractivity contribution < 1.29 is 17.9 Å². The first kappa shape index (κ1) is 22.4. The number of amides is 1. The maximum absolute atomic E-state index is 12.7. The number of nitrogens with one attached hydrogen (secondary N) is 2. The molecule has 0 aliphatic rings. The second-order valence-electron chi connectivity index (χ2n) is 7.61. The van der Waals surface area contributed by atoms with Crippen LogP contribution in [0.1, 0.15) is 22.3 Å². The molecule has 6 nitrogen and oxygen atoms in total. The Hall–Kier alpha value is -3.32. The molecule has 0 saturated carbocycles. The van der Waals surface area contributed by atoms with Crippen molar-refractivity contribution in [2.24, 2.45) is 0 Å². The van der Waals surface area contributed by atoms with Crippen molar-refractivity contribution >= 4 is 27.3 Å². The summed E-state index contributed by atoms with van der Waals surface area (Å²) in [4.78, 5) is 12.3. The fourth-order valence-electron chi connectivity index (χ4n) is 3.17. The third-order valence-corrected chi connectivity index (χ3v) is 6.02. The summed E-state index contributed by atoms with van der Waals surface area (Å²) in [5, 5.41) is 2.71. The molecule has 0 aliphatic carbocycles. The van der Waals surface area contributed by atoms with Crippen LogP contribution in [-0.2, 0) is 14.8 Å². The van der Waals surface area contributed by atoms with Crippen molar-refractivity contribution in [2.45, 2.75) is 32.6 Å². The lowest BCUT2D eigenvalue weighted by molar-refractivity contribution is -0.118. The second kappa shape index (κ2) is 9.22. The molecule has 0 unspecified atom stereocenters. The SMILES string of the molecule is Cc1cc(C)cc(NS(=O)(=O)c2ccc(NC(=O)COc3cc(C)ccc3C)cc2)c1. The van der Waals surface area contributed by atoms with Gasteiger partial charge in [-0.1, -0.05) is 18.2 Å². The summed E-state index contributed by atoms with van der Waals surface area (Å²) < 4.78 is 33.5. The summed E-state index contributed by atoms with van der Waals surface area (Å²) in [7, 11) is -3.73. The summed E-state index contributed by atoms with van der Waals surface area (Å²) in [5.74, 6) is 0.332. The number of carbonyl (C=O) groups is 1. The van der Waals surface area contributed by atoms with Gasteiger partial charge in [0.05, 0.1) is 4.90 Å². The average Bonchev–Trinajstić information content (AvgIpc) is 2.68. The number of hydrogen-bond acceptors (Lipinski definition) is 4. The van der Waals surface area contributed by atoms with E-state index in [-0.39, 0.29) is 17.4 Å². The number of anilines is 2. The van der Waals surface area contributed by atoms with Crippen LogP contribution in [-0.4, -0.2) is 20.9 Å². The number of carbonyl (C=O) groups excluding carboxylic acids is 1. The van der Waals surface area contributed by atoms with Crippen LogP contribution >= 0.6 is 0 Å². The van der Waals surface area contributed by atoms with Crippen molar-refractivity contribution in [3.05, 3.63) is 82.9 Å². The van der Waals surface area contributed by atoms with Crippen LogP contribution in [0.25, 0.3) is 0 Å². The van der Waals surface area contributed by atoms with Gasteiger partial charge in [0.15, 0.2) is 6.61 Å². The van der Waals surface area contributed by atoms with Gasteiger partial charge in [-0.25, -0.2) is 8.42 Å². The van der Waals surface area contributed by atoms with E-state index in [2.05, 4.69) is 10.0 Å². The molecule has 0 radical (unpaired) electrons. The summed E-state index contributed by atoms with van der Waals surface area (Å²) in [5.41, 5.74) is 4.94. The average molecular weight is 439 g/mol. The van der Waals surface area contributed by atoms with Crippen LogP contribution in [0, 0.1) is 27.7 Å². The van der Waals surface area contributed by atoms with E-state index in [9.17, 15) is 13.2 Å². The number of benzene rings is 3. The Morgan fingerprint density at radius 2 is 1.45 bits per heavy atom. The van der Waals surface area contributed by atoms with Gasteiger partial charge >= 0.3 is 0 Å². The maximum Gasteiger partial charge on any atom is 0.262 e. The molecule has 162 valence electrons. The van der Waals surface area contributed by atoms with Crippen molar-refractivity contribution in [3.63, 3.8) is 0 Å². The zero-order chi connectivity index (χ0) is 22.6. The molecule has 0 saturated heterocycles. The van der Waals surface area contributed by atoms with E-state index in [1.807, 2.05) is 52.0 Å². The molecule has 0 fully saturated rings. The highest BCUT2D eigenvalue weighted by Crippen LogP contribution is 2.21. The Labute approximate surface area is 183 Å². The molecule has 3 aromatic carbocycles. The van der Waals surface area contributed by atoms with Gasteiger partial charge in [0, 0.05) is 11.4 Å². The van der Waals surface area contributed by atoms with Gasteiger partial charge < -0.3 is 10.1 Å². The van der Waals surface area contributed by atoms with Crippen molar-refractivity contribution in [3.8, 4) is 5.75 Å². The highest BCUT2D eigenvalue weighted by molar-refractivity contribution is 7.92. The summed E-state index contributed by atoms with van der Waals surface area (Å²) >= 11 is 0. The first-order valence-corrected chi connectivity index (χ1v) is 11.3. The lowest BCUT2D eigenvalue weighted by Crippen LogP contribution is -2.20. The van der Waals surface area contributed by atoms with Crippen LogP contribution in [0.2, 0.25) is 0 Å². The normalized spacial score (nSPS) is 11.1. The van der Waals surface area contributed by atoms with E-state index in [0.29, 0.717) is 17.1 Å². The molecule has 0 bridgehead atoms. The van der Waals surface area contributed by atoms with Gasteiger partial charge in [-0.2, -0.15) is 0 Å². The summed E-state index contributed by atoms with van der Waals surface area (Å²) in [6.07, 6.45) is 0. The minimum Gasteiger partial charge on any atom is -0.483 e. The number of aryl methyl sites for hydroxylation is 4. The van der Waals surface area contributed by atoms with E-state index in [1.54, 1.807) is 24.3 Å². The lowest BCUT2D eigenvalue weighted by atomic mass is 10.1. The van der Waals surface area contributed by atoms with Crippen LogP contribution in [0.4, 0.5) is 11.4 Å². The molecule has 0 spiro atoms. The Morgan fingerprint density at radius 1 is 0.806 bits per heavy atom. The molecular formula is C24H26N2O4S. The molecule has 1 amide bonds. The maximum atomic E-state index is 12.7. The van der Waals surface area contributed by atoms with Crippen molar-refractivity contribution in [1.29, 1.82) is 0 Å². The minimum atomic E-state index is -3.73. The summed E-state index contributed by atoms with van der Waals surface area (Å²) in [6, 6.07) is 17.3. The second-order valence-corrected chi connectivity index (χ2v) is 9.29. The molecule has 0 aromatic heterocycles. The highest BCUT2D eigenvalue weighted by Gasteiger charge is 2.15. The molecule has 3 aromatic rings. The van der Waals surface area contributed by atoms with E-state index in [0.717, 1.165) is 22.3 Å². The van der Waals surface area contributed by atoms with E-state index < -0.39 is 10.0 Å². The molecule has 0 heterocycles. The zero-order valence-electron chi connectivity index (χ0n) is 18.0. The first-order valence-electron chi connectivity index (χ1n) is 9.83. The van der Waals surface area contributed by atoms with Crippen LogP contribution in [0.3, 0.4) is 0 Å². The van der Waals surface area contributed by atoms with Crippen LogP contribution < -0.4 is 14.8 Å². The van der Waals surface area contributed by atoms with Gasteiger partial charge in [0.1, 0.15) is 5.75 Å². The number of ether oxygens (including phenoxy) is 1. The largest absolute Gasteiger partial charge is 0.483 e. The molecule has 3 rings (SSSR count). The molecule has 2 N–H and O–H groups in total. The predicted molar refractivity (Wildman–Crippen MR) is 123 cm³/mol. The van der Waals surface area contributed by atoms with E-state index in [4.69, 9.17) is 4.74 Å². The van der Waals surface area contributed by atoms with Gasteiger partial charge in [-0.05, 0) is 92.4 Å². The third kappa shape index (κ3) is 6.08. The van der Waals surface area contributed by atoms with E-state index in [1.165, 1.54) is 12.1 Å². The number of sulfonamides is 1. The Kier molecular flexibility index (Phi) is 6.65. The summed E-state index contributed by atoms with van der Waals surface area (Å²) in [6.45, 7) is 7.55. The molecule has 0 aliphatic heterocycles. The lowest BCUT2D eigenvalue weighted by Gasteiger charge is -2.12. The van der Waals surface area contributed by atoms with Gasteiger partial charge in [-0.3, -0.25) is 9.52 Å². The Morgan fingerprint density at radius 3 is 2.10 bits per heavy atom. The van der Waals surface area contributed by atoms with Gasteiger partial charge in [0.25, 0.3) is 15.9 Å². The number of rotatable bonds is 7. The molecular weight excluding hydrogens is 412 g/mol. The quantitative estimate of drug-likeness (QED) is 0.558. The minimum absolute atomic E-state index is 0.108. The fourth-order valence-corrected chi connectivity index (χ4v) is 4.21. The first-order chi connectivity index (χ1) is 14.6. The van der Waals surface area contributed by atoms with Crippen LogP contribution in [0.15, 0.2) is 65.6 Å². The fraction of sp³-hybridized carbons (Fsp3) is 0.208. The molecule has 31 heavy (non-hydrogen) atoms. The monoisotopic (exact) mass is 438 g/mol. The molecule has 0 atom stereocenters. The Balaban J connectivity index is 1.62. The predicted octanol–water partition coefficient (Wildman–Crippen LogP) is 4.74. The van der Waals surface area contributed by atoms with Crippen LogP contribution in [0.5, 0.6) is 5.75 Å². The third-order valence-electron chi connectivity index (χ3n) is 4.62. The smallest absolute Gasteiger partial charge is 0.262 e. The van der Waals surface area contributed by atoms with Crippen molar-refractivity contribution in [1.82, 2.24) is 0 Å². The zero-order valence-corrected chi connectivity index (χ0v) is 18.8. The topological polar surface area (TPSA) is 84.5 Å². The highest BCUT2D eigenvalue weighted by atomic mass is 32.2. The van der Waals surface area contributed by atoms with Crippen molar-refractivity contribution in [2.75, 3.05) is 16.6 Å². The van der Waals surface area contributed by atoms with E-state index >= 15 is 0 Å². The standard InChI is InChI=1S/C24H26N2O4S/c1-16-5-6-19(4)23(14-16)30-15-24(27)25-20-7-9-22(10-8-20)31(28,29)26-21-12-17(2)11-18(3)13-21/h5-14,26H,15H2,1-4H3,(H,25,27). The van der Waals surface area contributed by atoms with Gasteiger partial charge in [-0.15, -0.1) is 0 Å². The van der Waals surface area contributed by atoms with Gasteiger partial charge in [0.2, 0.25) is 0 Å².